The van der Waals surface area contributed by atoms with E-state index in [9.17, 15) is 9.59 Å². The summed E-state index contributed by atoms with van der Waals surface area (Å²) in [6.07, 6.45) is 0.295. The van der Waals surface area contributed by atoms with Crippen molar-refractivity contribution in [3.05, 3.63) is 0 Å². The molecule has 0 aliphatic carbocycles. The molecule has 110 valence electrons. The molecule has 1 aliphatic rings. The number of rotatable bonds is 6. The monoisotopic (exact) mass is 272 g/mol. The van der Waals surface area contributed by atoms with Crippen LogP contribution in [0.15, 0.2) is 0 Å². The first-order chi connectivity index (χ1) is 9.10. The predicted octanol–water partition coefficient (Wildman–Crippen LogP) is 0.165. The van der Waals surface area contributed by atoms with E-state index in [-0.39, 0.29) is 24.0 Å². The van der Waals surface area contributed by atoms with Crippen molar-refractivity contribution in [1.82, 2.24) is 10.2 Å². The molecule has 0 saturated carbocycles. The second-order valence-corrected chi connectivity index (χ2v) is 4.58. The summed E-state index contributed by atoms with van der Waals surface area (Å²) in [5, 5.41) is 2.80. The summed E-state index contributed by atoms with van der Waals surface area (Å²) in [4.78, 5) is 25.5. The van der Waals surface area contributed by atoms with Crippen molar-refractivity contribution in [3.63, 3.8) is 0 Å². The zero-order chi connectivity index (χ0) is 14.3. The minimum absolute atomic E-state index is 0.0319. The van der Waals surface area contributed by atoms with Crippen molar-refractivity contribution in [2.24, 2.45) is 0 Å². The van der Waals surface area contributed by atoms with Gasteiger partial charge in [-0.2, -0.15) is 0 Å². The number of likely N-dealkylation sites (N-methyl/N-ethyl adjacent to an activating group) is 1. The van der Waals surface area contributed by atoms with E-state index in [2.05, 4.69) is 5.32 Å². The van der Waals surface area contributed by atoms with Crippen LogP contribution < -0.4 is 5.32 Å². The molecule has 0 aromatic rings. The molecule has 19 heavy (non-hydrogen) atoms. The van der Waals surface area contributed by atoms with Crippen molar-refractivity contribution in [1.29, 1.82) is 0 Å². The molecular weight excluding hydrogens is 248 g/mol. The fraction of sp³-hybridized carbons (Fsp3) is 0.846. The maximum Gasteiger partial charge on any atom is 0.307 e. The van der Waals surface area contributed by atoms with Gasteiger partial charge in [0.1, 0.15) is 6.04 Å². The molecule has 1 saturated heterocycles. The lowest BCUT2D eigenvalue weighted by Crippen LogP contribution is -2.57. The van der Waals surface area contributed by atoms with Crippen LogP contribution in [0.2, 0.25) is 0 Å². The summed E-state index contributed by atoms with van der Waals surface area (Å²) in [5.74, 6) is -0.269. The van der Waals surface area contributed by atoms with Gasteiger partial charge in [0.15, 0.2) is 0 Å². The summed E-state index contributed by atoms with van der Waals surface area (Å²) in [6.45, 7) is 8.20. The van der Waals surface area contributed by atoms with Gasteiger partial charge in [0.05, 0.1) is 26.2 Å². The van der Waals surface area contributed by atoms with E-state index in [1.807, 2.05) is 18.7 Å². The van der Waals surface area contributed by atoms with E-state index in [4.69, 9.17) is 9.47 Å². The number of hydrogen-bond acceptors (Lipinski definition) is 5. The third-order valence-corrected chi connectivity index (χ3v) is 3.16. The molecule has 0 aromatic heterocycles. The lowest BCUT2D eigenvalue weighted by Gasteiger charge is -2.38. The molecule has 6 nitrogen and oxygen atoms in total. The van der Waals surface area contributed by atoms with Crippen LogP contribution in [0.5, 0.6) is 0 Å². The van der Waals surface area contributed by atoms with Gasteiger partial charge in [-0.1, -0.05) is 0 Å². The topological polar surface area (TPSA) is 67.9 Å². The van der Waals surface area contributed by atoms with E-state index in [0.717, 1.165) is 0 Å². The van der Waals surface area contributed by atoms with Crippen molar-refractivity contribution in [2.45, 2.75) is 39.3 Å². The molecule has 0 spiro atoms. The number of carbonyl (C=O) groups excluding carboxylic acids is 2. The van der Waals surface area contributed by atoms with Crippen LogP contribution in [-0.4, -0.2) is 61.8 Å². The molecular formula is C13H24N2O4. The number of nitrogens with zero attached hydrogens (tertiary/aromatic N) is 1. The van der Waals surface area contributed by atoms with Crippen LogP contribution in [0.1, 0.15) is 27.2 Å². The summed E-state index contributed by atoms with van der Waals surface area (Å²) >= 11 is 0. The van der Waals surface area contributed by atoms with Gasteiger partial charge in [0, 0.05) is 19.1 Å². The second-order valence-electron chi connectivity index (χ2n) is 4.58. The van der Waals surface area contributed by atoms with Crippen molar-refractivity contribution in [3.8, 4) is 0 Å². The number of hydrogen-bond donors (Lipinski definition) is 1. The summed E-state index contributed by atoms with van der Waals surface area (Å²) in [5.41, 5.74) is 0. The Kier molecular flexibility index (Phi) is 6.80. The standard InChI is InChI=1S/C13H24N2O4/c1-4-14-13(17)11-9-18-7-6-15(11)10(3)8-12(16)19-5-2/h10-11H,4-9H2,1-3H3,(H,14,17). The third kappa shape index (κ3) is 4.80. The maximum absolute atomic E-state index is 12.0. The van der Waals surface area contributed by atoms with E-state index < -0.39 is 0 Å². The number of ether oxygens (including phenoxy) is 2. The van der Waals surface area contributed by atoms with E-state index >= 15 is 0 Å². The van der Waals surface area contributed by atoms with E-state index in [0.29, 0.717) is 39.3 Å². The molecule has 0 radical (unpaired) electrons. The number of esters is 1. The van der Waals surface area contributed by atoms with Gasteiger partial charge < -0.3 is 14.8 Å². The average Bonchev–Trinajstić information content (AvgIpc) is 2.39. The Morgan fingerprint density at radius 1 is 1.47 bits per heavy atom. The normalized spacial score (nSPS) is 21.7. The quantitative estimate of drug-likeness (QED) is 0.698. The van der Waals surface area contributed by atoms with Gasteiger partial charge in [-0.3, -0.25) is 14.5 Å². The Balaban J connectivity index is 2.60. The Morgan fingerprint density at radius 3 is 2.84 bits per heavy atom. The fourth-order valence-corrected chi connectivity index (χ4v) is 2.24. The number of nitrogens with one attached hydrogen (secondary N) is 1. The van der Waals surface area contributed by atoms with Crippen LogP contribution in [0.4, 0.5) is 0 Å². The summed E-state index contributed by atoms with van der Waals surface area (Å²) in [7, 11) is 0. The molecule has 1 N–H and O–H groups in total. The van der Waals surface area contributed by atoms with E-state index in [1.54, 1.807) is 6.92 Å². The fourth-order valence-electron chi connectivity index (χ4n) is 2.24. The SMILES string of the molecule is CCNC(=O)C1COCCN1C(C)CC(=O)OCC. The van der Waals surface area contributed by atoms with Crippen LogP contribution in [0.3, 0.4) is 0 Å². The van der Waals surface area contributed by atoms with Gasteiger partial charge in [0.2, 0.25) is 5.91 Å². The third-order valence-electron chi connectivity index (χ3n) is 3.16. The van der Waals surface area contributed by atoms with Gasteiger partial charge in [-0.15, -0.1) is 0 Å². The molecule has 1 rings (SSSR count). The summed E-state index contributed by atoms with van der Waals surface area (Å²) in [6, 6.07) is -0.353. The average molecular weight is 272 g/mol. The minimum atomic E-state index is -0.321. The molecule has 1 heterocycles. The first-order valence-electron chi connectivity index (χ1n) is 6.86. The molecule has 2 unspecified atom stereocenters. The van der Waals surface area contributed by atoms with Gasteiger partial charge >= 0.3 is 5.97 Å². The second kappa shape index (κ2) is 8.12. The lowest BCUT2D eigenvalue weighted by atomic mass is 10.1. The molecule has 1 aliphatic heterocycles. The lowest BCUT2D eigenvalue weighted by molar-refractivity contribution is -0.147. The van der Waals surface area contributed by atoms with Crippen LogP contribution >= 0.6 is 0 Å². The largest absolute Gasteiger partial charge is 0.466 e. The zero-order valence-corrected chi connectivity index (χ0v) is 12.0. The molecule has 1 fully saturated rings. The van der Waals surface area contributed by atoms with Crippen LogP contribution in [-0.2, 0) is 19.1 Å². The molecule has 0 bridgehead atoms. The highest BCUT2D eigenvalue weighted by molar-refractivity contribution is 5.82. The number of morpholine rings is 1. The predicted molar refractivity (Wildman–Crippen MR) is 70.7 cm³/mol. The maximum atomic E-state index is 12.0. The summed E-state index contributed by atoms with van der Waals surface area (Å²) < 4.78 is 10.3. The van der Waals surface area contributed by atoms with Gasteiger partial charge in [0.25, 0.3) is 0 Å². The Hall–Kier alpha value is -1.14. The zero-order valence-electron chi connectivity index (χ0n) is 12.0. The minimum Gasteiger partial charge on any atom is -0.466 e. The van der Waals surface area contributed by atoms with Crippen molar-refractivity contribution < 1.29 is 19.1 Å². The smallest absolute Gasteiger partial charge is 0.307 e. The highest BCUT2D eigenvalue weighted by Crippen LogP contribution is 2.14. The van der Waals surface area contributed by atoms with Crippen LogP contribution in [0.25, 0.3) is 0 Å². The first-order valence-corrected chi connectivity index (χ1v) is 6.86. The molecule has 1 amide bonds. The van der Waals surface area contributed by atoms with E-state index in [1.165, 1.54) is 0 Å². The highest BCUT2D eigenvalue weighted by Gasteiger charge is 2.33. The Bertz CT molecular complexity index is 309. The van der Waals surface area contributed by atoms with Crippen LogP contribution in [0, 0.1) is 0 Å². The highest BCUT2D eigenvalue weighted by atomic mass is 16.5. The first kappa shape index (κ1) is 15.9. The van der Waals surface area contributed by atoms with Gasteiger partial charge in [-0.05, 0) is 20.8 Å². The van der Waals surface area contributed by atoms with Crippen molar-refractivity contribution in [2.75, 3.05) is 32.9 Å². The Morgan fingerprint density at radius 2 is 2.21 bits per heavy atom. The molecule has 6 heteroatoms. The van der Waals surface area contributed by atoms with Gasteiger partial charge in [-0.25, -0.2) is 0 Å². The Labute approximate surface area is 114 Å². The number of carbonyl (C=O) groups is 2. The van der Waals surface area contributed by atoms with Crippen molar-refractivity contribution >= 4 is 11.9 Å². The molecule has 0 aromatic carbocycles. The molecule has 2 atom stereocenters. The number of amides is 1.